The molecule has 1 N–H and O–H groups in total. The summed E-state index contributed by atoms with van der Waals surface area (Å²) in [6, 6.07) is 13.2. The van der Waals surface area contributed by atoms with Crippen LogP contribution in [0.5, 0.6) is 0 Å². The number of piperazine rings is 1. The normalized spacial score (nSPS) is 17.0. The number of benzene rings is 2. The third-order valence-electron chi connectivity index (χ3n) is 5.02. The summed E-state index contributed by atoms with van der Waals surface area (Å²) >= 11 is 0. The minimum atomic E-state index is -0.768. The molecule has 1 aliphatic rings. The highest BCUT2D eigenvalue weighted by Gasteiger charge is 2.26. The first kappa shape index (κ1) is 20.2. The number of rotatable bonds is 6. The maximum atomic E-state index is 13.7. The van der Waals surface area contributed by atoms with Gasteiger partial charge in [-0.15, -0.1) is 0 Å². The molecule has 28 heavy (non-hydrogen) atoms. The molecule has 2 aromatic carbocycles. The predicted octanol–water partition coefficient (Wildman–Crippen LogP) is 3.62. The van der Waals surface area contributed by atoms with Gasteiger partial charge in [0.1, 0.15) is 17.3 Å². The molecule has 0 bridgehead atoms. The minimum Gasteiger partial charge on any atom is -0.320 e. The van der Waals surface area contributed by atoms with Crippen LogP contribution in [0.2, 0.25) is 0 Å². The van der Waals surface area contributed by atoms with Crippen LogP contribution in [0.1, 0.15) is 12.5 Å². The number of carbonyl (C=O) groups is 1. The van der Waals surface area contributed by atoms with Crippen molar-refractivity contribution >= 4 is 17.7 Å². The van der Waals surface area contributed by atoms with E-state index in [-0.39, 0.29) is 5.69 Å². The van der Waals surface area contributed by atoms with Gasteiger partial charge < -0.3 is 5.32 Å². The lowest BCUT2D eigenvalue weighted by molar-refractivity contribution is -0.121. The zero-order valence-electron chi connectivity index (χ0n) is 15.9. The number of hydrogen-bond acceptors (Lipinski definition) is 3. The first-order valence-corrected chi connectivity index (χ1v) is 9.47. The van der Waals surface area contributed by atoms with Crippen LogP contribution in [-0.4, -0.2) is 54.5 Å². The molecule has 1 fully saturated rings. The van der Waals surface area contributed by atoms with Crippen molar-refractivity contribution in [3.63, 3.8) is 0 Å². The van der Waals surface area contributed by atoms with Gasteiger partial charge in [0.05, 0.1) is 6.04 Å². The number of nitrogens with zero attached hydrogens (tertiary/aromatic N) is 2. The molecular formula is C22H25F2N3O. The molecule has 1 amide bonds. The van der Waals surface area contributed by atoms with Crippen molar-refractivity contribution in [2.75, 3.05) is 38.0 Å². The molecular weight excluding hydrogens is 360 g/mol. The van der Waals surface area contributed by atoms with E-state index in [2.05, 4.69) is 34.5 Å². The highest BCUT2D eigenvalue weighted by atomic mass is 19.1. The van der Waals surface area contributed by atoms with E-state index in [1.165, 1.54) is 11.6 Å². The largest absolute Gasteiger partial charge is 0.320 e. The molecule has 0 saturated carbocycles. The Hall–Kier alpha value is -2.57. The third-order valence-corrected chi connectivity index (χ3v) is 5.02. The van der Waals surface area contributed by atoms with E-state index in [9.17, 15) is 13.6 Å². The average Bonchev–Trinajstić information content (AvgIpc) is 2.71. The highest BCUT2D eigenvalue weighted by Crippen LogP contribution is 2.19. The summed E-state index contributed by atoms with van der Waals surface area (Å²) in [6.45, 7) is 5.75. The van der Waals surface area contributed by atoms with E-state index in [0.29, 0.717) is 0 Å². The van der Waals surface area contributed by atoms with Crippen molar-refractivity contribution in [2.24, 2.45) is 0 Å². The zero-order valence-corrected chi connectivity index (χ0v) is 15.9. The first-order chi connectivity index (χ1) is 13.5. The van der Waals surface area contributed by atoms with Gasteiger partial charge in [-0.3, -0.25) is 14.6 Å². The number of para-hydroxylation sites is 1. The summed E-state index contributed by atoms with van der Waals surface area (Å²) in [5.74, 6) is -1.94. The monoisotopic (exact) mass is 385 g/mol. The molecule has 1 saturated heterocycles. The van der Waals surface area contributed by atoms with Gasteiger partial charge in [0, 0.05) is 32.7 Å². The van der Waals surface area contributed by atoms with Crippen LogP contribution in [0.4, 0.5) is 14.5 Å². The van der Waals surface area contributed by atoms with E-state index in [0.717, 1.165) is 44.9 Å². The fourth-order valence-electron chi connectivity index (χ4n) is 3.25. The first-order valence-electron chi connectivity index (χ1n) is 9.47. The second-order valence-electron chi connectivity index (χ2n) is 6.91. The maximum Gasteiger partial charge on any atom is 0.241 e. The summed E-state index contributed by atoms with van der Waals surface area (Å²) in [6.07, 6.45) is 4.24. The van der Waals surface area contributed by atoms with Gasteiger partial charge >= 0.3 is 0 Å². The molecule has 0 unspecified atom stereocenters. The van der Waals surface area contributed by atoms with Gasteiger partial charge in [0.25, 0.3) is 0 Å². The Morgan fingerprint density at radius 1 is 1.04 bits per heavy atom. The number of amides is 1. The Bertz CT molecular complexity index is 798. The standard InChI is InChI=1S/C22H25F2N3O/c1-17(22(28)25-21-19(23)10-5-11-20(21)24)27-15-13-26(14-16-27)12-6-9-18-7-3-2-4-8-18/h2-11,17H,12-16H2,1H3,(H,25,28)/b9-6+/t17-/m0/s1. The van der Waals surface area contributed by atoms with E-state index >= 15 is 0 Å². The molecule has 0 radical (unpaired) electrons. The molecule has 1 heterocycles. The van der Waals surface area contributed by atoms with E-state index in [1.807, 2.05) is 23.1 Å². The van der Waals surface area contributed by atoms with Crippen LogP contribution in [0, 0.1) is 11.6 Å². The van der Waals surface area contributed by atoms with Gasteiger partial charge in [-0.1, -0.05) is 48.6 Å². The lowest BCUT2D eigenvalue weighted by Gasteiger charge is -2.37. The van der Waals surface area contributed by atoms with E-state index < -0.39 is 23.6 Å². The van der Waals surface area contributed by atoms with Crippen LogP contribution in [-0.2, 0) is 4.79 Å². The lowest BCUT2D eigenvalue weighted by Crippen LogP contribution is -2.52. The van der Waals surface area contributed by atoms with Crippen molar-refractivity contribution < 1.29 is 13.6 Å². The molecule has 3 rings (SSSR count). The Labute approximate surface area is 164 Å². The van der Waals surface area contributed by atoms with Gasteiger partial charge in [-0.2, -0.15) is 0 Å². The molecule has 0 aromatic heterocycles. The second-order valence-corrected chi connectivity index (χ2v) is 6.91. The number of halogens is 2. The van der Waals surface area contributed by atoms with Gasteiger partial charge in [-0.25, -0.2) is 8.78 Å². The van der Waals surface area contributed by atoms with E-state index in [4.69, 9.17) is 0 Å². The van der Waals surface area contributed by atoms with Crippen molar-refractivity contribution in [1.82, 2.24) is 9.80 Å². The Morgan fingerprint density at radius 2 is 1.68 bits per heavy atom. The van der Waals surface area contributed by atoms with Gasteiger partial charge in [-0.05, 0) is 24.6 Å². The molecule has 6 heteroatoms. The van der Waals surface area contributed by atoms with Crippen LogP contribution < -0.4 is 5.32 Å². The van der Waals surface area contributed by atoms with Crippen LogP contribution >= 0.6 is 0 Å². The number of anilines is 1. The van der Waals surface area contributed by atoms with Crippen molar-refractivity contribution in [1.29, 1.82) is 0 Å². The Balaban J connectivity index is 1.47. The fraction of sp³-hybridized carbons (Fsp3) is 0.318. The highest BCUT2D eigenvalue weighted by molar-refractivity contribution is 5.94. The predicted molar refractivity (Wildman–Crippen MR) is 108 cm³/mol. The van der Waals surface area contributed by atoms with Gasteiger partial charge in [0.15, 0.2) is 0 Å². The molecule has 2 aromatic rings. The van der Waals surface area contributed by atoms with Crippen molar-refractivity contribution in [2.45, 2.75) is 13.0 Å². The molecule has 1 atom stereocenters. The van der Waals surface area contributed by atoms with Crippen LogP contribution in [0.15, 0.2) is 54.6 Å². The fourth-order valence-corrected chi connectivity index (χ4v) is 3.25. The average molecular weight is 385 g/mol. The zero-order chi connectivity index (χ0) is 19.9. The SMILES string of the molecule is C[C@@H](C(=O)Nc1c(F)cccc1F)N1CCN(C/C=C/c2ccccc2)CC1. The van der Waals surface area contributed by atoms with Crippen LogP contribution in [0.25, 0.3) is 6.08 Å². The summed E-state index contributed by atoms with van der Waals surface area (Å²) in [7, 11) is 0. The summed E-state index contributed by atoms with van der Waals surface area (Å²) in [5, 5.41) is 2.38. The Kier molecular flexibility index (Phi) is 6.90. The smallest absolute Gasteiger partial charge is 0.241 e. The number of nitrogens with one attached hydrogen (secondary N) is 1. The van der Waals surface area contributed by atoms with Crippen LogP contribution in [0.3, 0.4) is 0 Å². The number of carbonyl (C=O) groups excluding carboxylic acids is 1. The van der Waals surface area contributed by atoms with E-state index in [1.54, 1.807) is 6.92 Å². The summed E-state index contributed by atoms with van der Waals surface area (Å²) in [5.41, 5.74) is 0.788. The summed E-state index contributed by atoms with van der Waals surface area (Å²) in [4.78, 5) is 16.8. The topological polar surface area (TPSA) is 35.6 Å². The lowest BCUT2D eigenvalue weighted by atomic mass is 10.2. The summed E-state index contributed by atoms with van der Waals surface area (Å²) < 4.78 is 27.5. The molecule has 0 spiro atoms. The third kappa shape index (κ3) is 5.24. The molecule has 148 valence electrons. The number of hydrogen-bond donors (Lipinski definition) is 1. The van der Waals surface area contributed by atoms with Crippen molar-refractivity contribution in [3.8, 4) is 0 Å². The Morgan fingerprint density at radius 3 is 2.32 bits per heavy atom. The second kappa shape index (κ2) is 9.57. The molecule has 0 aliphatic carbocycles. The molecule has 4 nitrogen and oxygen atoms in total. The minimum absolute atomic E-state index is 0.385. The van der Waals surface area contributed by atoms with Crippen molar-refractivity contribution in [3.05, 3.63) is 71.8 Å². The maximum absolute atomic E-state index is 13.7. The quantitative estimate of drug-likeness (QED) is 0.825. The molecule has 1 aliphatic heterocycles. The van der Waals surface area contributed by atoms with Gasteiger partial charge in [0.2, 0.25) is 5.91 Å².